The van der Waals surface area contributed by atoms with Gasteiger partial charge in [0.1, 0.15) is 12.8 Å². The third-order valence-electron chi connectivity index (χ3n) is 1.90. The molecule has 1 N–H and O–H groups in total. The molecule has 1 heterocycles. The molecule has 0 fully saturated rings. The van der Waals surface area contributed by atoms with Crippen molar-refractivity contribution in [2.45, 2.75) is 32.4 Å². The Labute approximate surface area is 77.2 Å². The Morgan fingerprint density at radius 1 is 1.62 bits per heavy atom. The molecule has 4 heteroatoms. The van der Waals surface area contributed by atoms with Crippen LogP contribution in [0.1, 0.15) is 25.3 Å². The molecule has 0 amide bonds. The Hall–Kier alpha value is -0.900. The standard InChI is InChI=1S/C9H15FN2O/c1-7(2)8-4-11-12(5-8)6-9(13)3-10/h4-5,7,9,13H,3,6H2,1-2H3. The molecule has 0 bridgehead atoms. The van der Waals surface area contributed by atoms with E-state index in [2.05, 4.69) is 18.9 Å². The van der Waals surface area contributed by atoms with E-state index in [-0.39, 0.29) is 6.54 Å². The van der Waals surface area contributed by atoms with E-state index in [4.69, 9.17) is 5.11 Å². The van der Waals surface area contributed by atoms with Crippen LogP contribution in [0.4, 0.5) is 4.39 Å². The van der Waals surface area contributed by atoms with Gasteiger partial charge in [0.15, 0.2) is 0 Å². The number of aliphatic hydroxyl groups excluding tert-OH is 1. The van der Waals surface area contributed by atoms with Gasteiger partial charge in [0.2, 0.25) is 0 Å². The van der Waals surface area contributed by atoms with Gasteiger partial charge in [-0.3, -0.25) is 4.68 Å². The van der Waals surface area contributed by atoms with Gasteiger partial charge in [-0.05, 0) is 11.5 Å². The Balaban J connectivity index is 2.58. The van der Waals surface area contributed by atoms with Crippen LogP contribution >= 0.6 is 0 Å². The van der Waals surface area contributed by atoms with E-state index in [9.17, 15) is 4.39 Å². The van der Waals surface area contributed by atoms with Crippen LogP contribution in [0.15, 0.2) is 12.4 Å². The maximum atomic E-state index is 11.9. The maximum absolute atomic E-state index is 11.9. The summed E-state index contributed by atoms with van der Waals surface area (Å²) in [6.07, 6.45) is 2.64. The zero-order valence-electron chi connectivity index (χ0n) is 7.94. The third kappa shape index (κ3) is 2.81. The van der Waals surface area contributed by atoms with Gasteiger partial charge < -0.3 is 5.11 Å². The molecule has 74 valence electrons. The van der Waals surface area contributed by atoms with Gasteiger partial charge in [-0.25, -0.2) is 4.39 Å². The van der Waals surface area contributed by atoms with E-state index in [1.807, 2.05) is 6.20 Å². The number of nitrogens with zero attached hydrogens (tertiary/aromatic N) is 2. The summed E-state index contributed by atoms with van der Waals surface area (Å²) in [6, 6.07) is 0. The fourth-order valence-corrected chi connectivity index (χ4v) is 1.04. The molecular weight excluding hydrogens is 171 g/mol. The maximum Gasteiger partial charge on any atom is 0.117 e. The van der Waals surface area contributed by atoms with Crippen molar-refractivity contribution >= 4 is 0 Å². The molecule has 1 atom stereocenters. The zero-order chi connectivity index (χ0) is 9.84. The number of hydrogen-bond acceptors (Lipinski definition) is 2. The Bertz CT molecular complexity index is 260. The first-order valence-electron chi connectivity index (χ1n) is 4.40. The van der Waals surface area contributed by atoms with Crippen molar-refractivity contribution in [3.8, 4) is 0 Å². The lowest BCUT2D eigenvalue weighted by Gasteiger charge is -2.05. The van der Waals surface area contributed by atoms with Crippen LogP contribution in [0, 0.1) is 0 Å². The normalized spacial score (nSPS) is 13.6. The number of halogens is 1. The smallest absolute Gasteiger partial charge is 0.117 e. The summed E-state index contributed by atoms with van der Waals surface area (Å²) in [4.78, 5) is 0. The van der Waals surface area contributed by atoms with Crippen molar-refractivity contribution in [1.29, 1.82) is 0 Å². The van der Waals surface area contributed by atoms with Crippen molar-refractivity contribution in [2.75, 3.05) is 6.67 Å². The predicted molar refractivity (Wildman–Crippen MR) is 48.3 cm³/mol. The monoisotopic (exact) mass is 186 g/mol. The van der Waals surface area contributed by atoms with Gasteiger partial charge in [0.05, 0.1) is 12.7 Å². The second-order valence-electron chi connectivity index (χ2n) is 3.46. The molecule has 0 aliphatic rings. The topological polar surface area (TPSA) is 38.0 Å². The minimum absolute atomic E-state index is 0.225. The predicted octanol–water partition coefficient (Wildman–Crippen LogP) is 1.34. The number of hydrogen-bond donors (Lipinski definition) is 1. The lowest BCUT2D eigenvalue weighted by Crippen LogP contribution is -2.17. The summed E-state index contributed by atoms with van der Waals surface area (Å²) in [5.41, 5.74) is 1.10. The summed E-state index contributed by atoms with van der Waals surface area (Å²) in [5.74, 6) is 0.413. The first-order valence-corrected chi connectivity index (χ1v) is 4.40. The zero-order valence-corrected chi connectivity index (χ0v) is 7.94. The second kappa shape index (κ2) is 4.37. The lowest BCUT2D eigenvalue weighted by atomic mass is 10.1. The van der Waals surface area contributed by atoms with Crippen LogP contribution in [-0.4, -0.2) is 27.7 Å². The first kappa shape index (κ1) is 10.2. The number of aromatic nitrogens is 2. The van der Waals surface area contributed by atoms with E-state index < -0.39 is 12.8 Å². The molecule has 0 saturated carbocycles. The Kier molecular flexibility index (Phi) is 3.42. The van der Waals surface area contributed by atoms with Crippen LogP contribution in [-0.2, 0) is 6.54 Å². The second-order valence-corrected chi connectivity index (χ2v) is 3.46. The third-order valence-corrected chi connectivity index (χ3v) is 1.90. The largest absolute Gasteiger partial charge is 0.388 e. The van der Waals surface area contributed by atoms with Gasteiger partial charge in [0, 0.05) is 6.20 Å². The molecule has 0 aliphatic carbocycles. The summed E-state index contributed by atoms with van der Waals surface area (Å²) < 4.78 is 13.5. The van der Waals surface area contributed by atoms with Crippen molar-refractivity contribution in [3.05, 3.63) is 18.0 Å². The highest BCUT2D eigenvalue weighted by Crippen LogP contribution is 2.12. The average Bonchev–Trinajstić information content (AvgIpc) is 2.52. The Morgan fingerprint density at radius 2 is 2.31 bits per heavy atom. The number of alkyl halides is 1. The SMILES string of the molecule is CC(C)c1cnn(CC(O)CF)c1. The minimum Gasteiger partial charge on any atom is -0.388 e. The molecule has 0 aromatic carbocycles. The van der Waals surface area contributed by atoms with Gasteiger partial charge in [-0.1, -0.05) is 13.8 Å². The van der Waals surface area contributed by atoms with Crippen molar-refractivity contribution in [2.24, 2.45) is 0 Å². The highest BCUT2D eigenvalue weighted by atomic mass is 19.1. The van der Waals surface area contributed by atoms with E-state index in [0.29, 0.717) is 5.92 Å². The fourth-order valence-electron chi connectivity index (χ4n) is 1.04. The van der Waals surface area contributed by atoms with E-state index in [0.717, 1.165) is 5.56 Å². The molecule has 1 aromatic heterocycles. The molecule has 13 heavy (non-hydrogen) atoms. The highest BCUT2D eigenvalue weighted by molar-refractivity contribution is 5.08. The summed E-state index contributed by atoms with van der Waals surface area (Å²) in [6.45, 7) is 3.62. The molecule has 0 spiro atoms. The molecule has 0 aliphatic heterocycles. The van der Waals surface area contributed by atoms with Crippen LogP contribution in [0.5, 0.6) is 0 Å². The van der Waals surface area contributed by atoms with Crippen LogP contribution in [0.25, 0.3) is 0 Å². The highest BCUT2D eigenvalue weighted by Gasteiger charge is 2.07. The molecule has 1 aromatic rings. The number of aliphatic hydroxyl groups is 1. The van der Waals surface area contributed by atoms with Crippen LogP contribution < -0.4 is 0 Å². The van der Waals surface area contributed by atoms with Gasteiger partial charge in [-0.15, -0.1) is 0 Å². The summed E-state index contributed by atoms with van der Waals surface area (Å²) in [7, 11) is 0. The first-order chi connectivity index (χ1) is 6.13. The van der Waals surface area contributed by atoms with Crippen LogP contribution in [0.3, 0.4) is 0 Å². The van der Waals surface area contributed by atoms with Crippen molar-refractivity contribution in [3.63, 3.8) is 0 Å². The van der Waals surface area contributed by atoms with E-state index >= 15 is 0 Å². The van der Waals surface area contributed by atoms with Gasteiger partial charge in [-0.2, -0.15) is 5.10 Å². The Morgan fingerprint density at radius 3 is 2.77 bits per heavy atom. The van der Waals surface area contributed by atoms with E-state index in [1.165, 1.54) is 0 Å². The molecule has 0 radical (unpaired) electrons. The molecular formula is C9H15FN2O. The minimum atomic E-state index is -0.945. The van der Waals surface area contributed by atoms with E-state index in [1.54, 1.807) is 10.9 Å². The summed E-state index contributed by atoms with van der Waals surface area (Å²) >= 11 is 0. The number of rotatable bonds is 4. The fraction of sp³-hybridized carbons (Fsp3) is 0.667. The molecule has 3 nitrogen and oxygen atoms in total. The molecule has 1 rings (SSSR count). The molecule has 1 unspecified atom stereocenters. The van der Waals surface area contributed by atoms with Crippen molar-refractivity contribution < 1.29 is 9.50 Å². The van der Waals surface area contributed by atoms with Crippen LogP contribution in [0.2, 0.25) is 0 Å². The summed E-state index contributed by atoms with van der Waals surface area (Å²) in [5, 5.41) is 13.0. The quantitative estimate of drug-likeness (QED) is 0.770. The van der Waals surface area contributed by atoms with Crippen molar-refractivity contribution in [1.82, 2.24) is 9.78 Å². The average molecular weight is 186 g/mol. The van der Waals surface area contributed by atoms with Gasteiger partial charge >= 0.3 is 0 Å². The lowest BCUT2D eigenvalue weighted by molar-refractivity contribution is 0.118. The molecule has 0 saturated heterocycles. The van der Waals surface area contributed by atoms with Gasteiger partial charge in [0.25, 0.3) is 0 Å².